The van der Waals surface area contributed by atoms with E-state index in [1.807, 2.05) is 4.90 Å². The first kappa shape index (κ1) is 16.2. The largest absolute Gasteiger partial charge is 0.573 e. The maximum Gasteiger partial charge on any atom is 0.573 e. The molecule has 0 radical (unpaired) electrons. The number of amides is 1. The quantitative estimate of drug-likeness (QED) is 0.859. The number of ether oxygens (including phenoxy) is 1. The lowest BCUT2D eigenvalue weighted by molar-refractivity contribution is -0.274. The van der Waals surface area contributed by atoms with E-state index in [0.29, 0.717) is 32.0 Å². The molecule has 1 fully saturated rings. The molecule has 0 aliphatic carbocycles. The lowest BCUT2D eigenvalue weighted by atomic mass is 10.2. The number of carbonyl (C=O) groups is 1. The van der Waals surface area contributed by atoms with E-state index in [9.17, 15) is 18.0 Å². The van der Waals surface area contributed by atoms with Crippen molar-refractivity contribution in [1.82, 2.24) is 9.88 Å². The number of piperazine rings is 1. The van der Waals surface area contributed by atoms with Gasteiger partial charge in [-0.3, -0.25) is 4.79 Å². The number of anilines is 1. The fourth-order valence-corrected chi connectivity index (χ4v) is 2.45. The van der Waals surface area contributed by atoms with Gasteiger partial charge in [0.1, 0.15) is 11.6 Å². The third kappa shape index (κ3) is 3.79. The van der Waals surface area contributed by atoms with Crippen LogP contribution in [0, 0.1) is 0 Å². The highest BCUT2D eigenvalue weighted by Gasteiger charge is 2.31. The van der Waals surface area contributed by atoms with Crippen molar-refractivity contribution in [2.45, 2.75) is 6.36 Å². The van der Waals surface area contributed by atoms with E-state index in [0.717, 1.165) is 6.20 Å². The lowest BCUT2D eigenvalue weighted by Crippen LogP contribution is -2.49. The molecular formula is C15H14F3N3O3. The molecule has 0 N–H and O–H groups in total. The van der Waals surface area contributed by atoms with Crippen LogP contribution in [0.2, 0.25) is 0 Å². The molecule has 0 unspecified atom stereocenters. The fraction of sp³-hybridized carbons (Fsp3) is 0.333. The number of halogens is 3. The summed E-state index contributed by atoms with van der Waals surface area (Å²) in [5, 5.41) is 0. The molecular weight excluding hydrogens is 327 g/mol. The Morgan fingerprint density at radius 2 is 1.92 bits per heavy atom. The van der Waals surface area contributed by atoms with Gasteiger partial charge in [-0.2, -0.15) is 0 Å². The zero-order valence-corrected chi connectivity index (χ0v) is 12.5. The molecule has 24 heavy (non-hydrogen) atoms. The Balaban J connectivity index is 1.57. The highest BCUT2D eigenvalue weighted by Crippen LogP contribution is 2.24. The van der Waals surface area contributed by atoms with Crippen molar-refractivity contribution < 1.29 is 27.1 Å². The molecule has 1 amide bonds. The zero-order chi connectivity index (χ0) is 17.2. The molecule has 9 heteroatoms. The monoisotopic (exact) mass is 341 g/mol. The first-order valence-corrected chi connectivity index (χ1v) is 7.22. The maximum absolute atomic E-state index is 12.2. The highest BCUT2D eigenvalue weighted by atomic mass is 19.4. The van der Waals surface area contributed by atoms with E-state index >= 15 is 0 Å². The minimum absolute atomic E-state index is 0.179. The van der Waals surface area contributed by atoms with Crippen molar-refractivity contribution in [2.75, 3.05) is 31.1 Å². The Hall–Kier alpha value is -2.71. The summed E-state index contributed by atoms with van der Waals surface area (Å²) < 4.78 is 45.3. The number of carbonyl (C=O) groups excluding carboxylic acids is 1. The second-order valence-corrected chi connectivity index (χ2v) is 5.16. The second kappa shape index (κ2) is 6.42. The second-order valence-electron chi connectivity index (χ2n) is 5.16. The van der Waals surface area contributed by atoms with Gasteiger partial charge < -0.3 is 19.0 Å². The number of furan rings is 1. The Morgan fingerprint density at radius 1 is 1.17 bits per heavy atom. The molecule has 0 bridgehead atoms. The molecule has 1 saturated heterocycles. The van der Waals surface area contributed by atoms with E-state index in [4.69, 9.17) is 4.42 Å². The van der Waals surface area contributed by atoms with Gasteiger partial charge in [-0.15, -0.1) is 13.2 Å². The van der Waals surface area contributed by atoms with E-state index < -0.39 is 6.36 Å². The molecule has 6 nitrogen and oxygen atoms in total. The number of pyridine rings is 1. The molecule has 1 aliphatic rings. The Bertz CT molecular complexity index is 678. The van der Waals surface area contributed by atoms with Crippen LogP contribution in [0.4, 0.5) is 19.0 Å². The van der Waals surface area contributed by atoms with Crippen LogP contribution in [0.15, 0.2) is 41.1 Å². The van der Waals surface area contributed by atoms with Gasteiger partial charge in [0.15, 0.2) is 5.76 Å². The lowest BCUT2D eigenvalue weighted by Gasteiger charge is -2.35. The van der Waals surface area contributed by atoms with Gasteiger partial charge in [-0.05, 0) is 24.3 Å². The highest BCUT2D eigenvalue weighted by molar-refractivity contribution is 5.91. The molecule has 3 rings (SSSR count). The van der Waals surface area contributed by atoms with Crippen LogP contribution < -0.4 is 9.64 Å². The first-order chi connectivity index (χ1) is 11.4. The Morgan fingerprint density at radius 3 is 2.46 bits per heavy atom. The molecule has 2 aromatic rings. The van der Waals surface area contributed by atoms with Crippen molar-refractivity contribution in [3.8, 4) is 5.75 Å². The molecule has 128 valence electrons. The molecule has 2 aromatic heterocycles. The molecule has 0 spiro atoms. The molecule has 0 saturated carbocycles. The van der Waals surface area contributed by atoms with Gasteiger partial charge in [0, 0.05) is 26.2 Å². The van der Waals surface area contributed by atoms with Crippen LogP contribution in [0.3, 0.4) is 0 Å². The van der Waals surface area contributed by atoms with Crippen LogP contribution in [0.25, 0.3) is 0 Å². The minimum Gasteiger partial charge on any atom is -0.459 e. The summed E-state index contributed by atoms with van der Waals surface area (Å²) in [5.74, 6) is 0.282. The van der Waals surface area contributed by atoms with Crippen molar-refractivity contribution in [2.24, 2.45) is 0 Å². The number of aromatic nitrogens is 1. The van der Waals surface area contributed by atoms with Gasteiger partial charge >= 0.3 is 6.36 Å². The first-order valence-electron chi connectivity index (χ1n) is 7.22. The maximum atomic E-state index is 12.2. The third-order valence-corrected chi connectivity index (χ3v) is 3.58. The third-order valence-electron chi connectivity index (χ3n) is 3.58. The topological polar surface area (TPSA) is 58.8 Å². The van der Waals surface area contributed by atoms with E-state index in [1.165, 1.54) is 18.4 Å². The van der Waals surface area contributed by atoms with Crippen molar-refractivity contribution in [1.29, 1.82) is 0 Å². The number of rotatable bonds is 3. The molecule has 0 atom stereocenters. The van der Waals surface area contributed by atoms with Gasteiger partial charge in [0.2, 0.25) is 0 Å². The van der Waals surface area contributed by atoms with Gasteiger partial charge in [-0.1, -0.05) is 0 Å². The SMILES string of the molecule is O=C(c1ccco1)N1CCN(c2ccc(OC(F)(F)F)cn2)CC1. The fourth-order valence-electron chi connectivity index (χ4n) is 2.45. The van der Waals surface area contributed by atoms with Crippen LogP contribution in [0.5, 0.6) is 5.75 Å². The summed E-state index contributed by atoms with van der Waals surface area (Å²) in [6.45, 7) is 2.00. The predicted octanol–water partition coefficient (Wildman–Crippen LogP) is 2.54. The predicted molar refractivity (Wildman–Crippen MR) is 77.7 cm³/mol. The number of nitrogens with zero attached hydrogens (tertiary/aromatic N) is 3. The normalized spacial score (nSPS) is 15.5. The Labute approximate surface area is 135 Å². The average molecular weight is 341 g/mol. The zero-order valence-electron chi connectivity index (χ0n) is 12.5. The van der Waals surface area contributed by atoms with Gasteiger partial charge in [-0.25, -0.2) is 4.98 Å². The molecule has 3 heterocycles. The minimum atomic E-state index is -4.74. The van der Waals surface area contributed by atoms with Crippen molar-refractivity contribution >= 4 is 11.7 Å². The van der Waals surface area contributed by atoms with Crippen molar-refractivity contribution in [3.63, 3.8) is 0 Å². The van der Waals surface area contributed by atoms with E-state index in [1.54, 1.807) is 17.0 Å². The van der Waals surface area contributed by atoms with E-state index in [2.05, 4.69) is 9.72 Å². The number of hydrogen-bond acceptors (Lipinski definition) is 5. The van der Waals surface area contributed by atoms with E-state index in [-0.39, 0.29) is 17.4 Å². The van der Waals surface area contributed by atoms with Crippen LogP contribution in [0.1, 0.15) is 10.6 Å². The number of alkyl halides is 3. The summed E-state index contributed by atoms with van der Waals surface area (Å²) >= 11 is 0. The summed E-state index contributed by atoms with van der Waals surface area (Å²) in [4.78, 5) is 19.7. The van der Waals surface area contributed by atoms with Crippen LogP contribution in [-0.4, -0.2) is 48.3 Å². The standard InChI is InChI=1S/C15H14F3N3O3/c16-15(17,18)24-11-3-4-13(19-10-11)20-5-7-21(8-6-20)14(22)12-2-1-9-23-12/h1-4,9-10H,5-8H2. The summed E-state index contributed by atoms with van der Waals surface area (Å²) in [5.41, 5.74) is 0. The summed E-state index contributed by atoms with van der Waals surface area (Å²) in [6, 6.07) is 5.94. The molecule has 1 aliphatic heterocycles. The molecule has 0 aromatic carbocycles. The van der Waals surface area contributed by atoms with Gasteiger partial charge in [0.25, 0.3) is 5.91 Å². The summed E-state index contributed by atoms with van der Waals surface area (Å²) in [7, 11) is 0. The number of hydrogen-bond donors (Lipinski definition) is 0. The van der Waals surface area contributed by atoms with Crippen LogP contribution >= 0.6 is 0 Å². The van der Waals surface area contributed by atoms with Crippen LogP contribution in [-0.2, 0) is 0 Å². The smallest absolute Gasteiger partial charge is 0.459 e. The summed E-state index contributed by atoms with van der Waals surface area (Å²) in [6.07, 6.45) is -2.26. The Kier molecular flexibility index (Phi) is 4.32. The van der Waals surface area contributed by atoms with Gasteiger partial charge in [0.05, 0.1) is 12.5 Å². The average Bonchev–Trinajstić information content (AvgIpc) is 3.08. The van der Waals surface area contributed by atoms with Crippen molar-refractivity contribution in [3.05, 3.63) is 42.5 Å².